The van der Waals surface area contributed by atoms with Crippen LogP contribution >= 0.6 is 15.9 Å². The Hall–Kier alpha value is -2.56. The highest BCUT2D eigenvalue weighted by molar-refractivity contribution is 9.10. The fraction of sp³-hybridized carbons (Fsp3) is 0.143. The number of nitrogens with zero attached hydrogens (tertiary/aromatic N) is 6. The summed E-state index contributed by atoms with van der Waals surface area (Å²) < 4.78 is 3.72. The molecule has 0 aliphatic rings. The van der Waals surface area contributed by atoms with Crippen molar-refractivity contribution in [3.63, 3.8) is 0 Å². The molecule has 0 aliphatic heterocycles. The molecule has 4 heterocycles. The molecule has 0 aliphatic carbocycles. The van der Waals surface area contributed by atoms with E-state index in [9.17, 15) is 0 Å². The van der Waals surface area contributed by atoms with Crippen molar-refractivity contribution in [1.29, 1.82) is 0 Å². The minimum atomic E-state index is -0.00426. The maximum Gasteiger partial charge on any atom is 0.240 e. The number of nitrogen functional groups attached to an aromatic ring is 1. The van der Waals surface area contributed by atoms with E-state index >= 15 is 0 Å². The standard InChI is InChI=1S/C7H6BrN3O.C7H8N4O/c2*8-7-9-6-2-1-5(4-12)3-11(6)10-7/h1-3,12H,4H2;1-3,12H,4H2,(H2,8,10). The largest absolute Gasteiger partial charge is 0.392 e. The van der Waals surface area contributed by atoms with Gasteiger partial charge in [-0.1, -0.05) is 12.1 Å². The van der Waals surface area contributed by atoms with Crippen LogP contribution in [-0.2, 0) is 13.2 Å². The molecule has 4 rings (SSSR count). The number of hydrogen-bond acceptors (Lipinski definition) is 7. The second-order valence-electron chi connectivity index (χ2n) is 4.85. The van der Waals surface area contributed by atoms with Gasteiger partial charge < -0.3 is 15.9 Å². The van der Waals surface area contributed by atoms with Gasteiger partial charge in [0.25, 0.3) is 0 Å². The Balaban J connectivity index is 0.000000141. The van der Waals surface area contributed by atoms with E-state index in [2.05, 4.69) is 36.1 Å². The monoisotopic (exact) mass is 391 g/mol. The maximum atomic E-state index is 8.83. The zero-order chi connectivity index (χ0) is 17.1. The Bertz CT molecular complexity index is 902. The molecule has 9 nitrogen and oxygen atoms in total. The van der Waals surface area contributed by atoms with Gasteiger partial charge in [-0.15, -0.1) is 10.2 Å². The molecule has 0 fully saturated rings. The Morgan fingerprint density at radius 1 is 0.875 bits per heavy atom. The molecule has 0 aromatic carbocycles. The summed E-state index contributed by atoms with van der Waals surface area (Å²) in [6.45, 7) is 0.0170. The van der Waals surface area contributed by atoms with Gasteiger partial charge in [0, 0.05) is 12.4 Å². The van der Waals surface area contributed by atoms with Crippen molar-refractivity contribution in [2.75, 3.05) is 5.73 Å². The molecule has 24 heavy (non-hydrogen) atoms. The SMILES string of the molecule is Nc1nc2ccc(CO)cn2n1.OCc1ccc2nc(Br)nn2c1. The Morgan fingerprint density at radius 2 is 1.42 bits per heavy atom. The number of aliphatic hydroxyl groups excluding tert-OH is 2. The molecule has 0 spiro atoms. The van der Waals surface area contributed by atoms with Crippen molar-refractivity contribution in [2.45, 2.75) is 13.2 Å². The zero-order valence-electron chi connectivity index (χ0n) is 12.4. The number of aromatic nitrogens is 6. The van der Waals surface area contributed by atoms with Crippen LogP contribution in [-0.4, -0.2) is 39.4 Å². The van der Waals surface area contributed by atoms with Crippen LogP contribution in [0, 0.1) is 0 Å². The van der Waals surface area contributed by atoms with E-state index in [1.165, 1.54) is 0 Å². The third kappa shape index (κ3) is 3.50. The van der Waals surface area contributed by atoms with Crippen molar-refractivity contribution < 1.29 is 10.2 Å². The normalized spacial score (nSPS) is 10.8. The first-order chi connectivity index (χ1) is 11.6. The van der Waals surface area contributed by atoms with Crippen LogP contribution < -0.4 is 5.73 Å². The van der Waals surface area contributed by atoms with E-state index in [4.69, 9.17) is 15.9 Å². The van der Waals surface area contributed by atoms with Gasteiger partial charge in [-0.05, 0) is 39.2 Å². The molecule has 0 unspecified atom stereocenters. The van der Waals surface area contributed by atoms with E-state index in [1.807, 2.05) is 12.1 Å². The number of aliphatic hydroxyl groups is 2. The van der Waals surface area contributed by atoms with Crippen LogP contribution in [0.25, 0.3) is 11.3 Å². The maximum absolute atomic E-state index is 8.83. The highest BCUT2D eigenvalue weighted by atomic mass is 79.9. The molecule has 0 amide bonds. The van der Waals surface area contributed by atoms with Gasteiger partial charge in [-0.3, -0.25) is 0 Å². The third-order valence-corrected chi connectivity index (χ3v) is 3.48. The number of hydrogen-bond donors (Lipinski definition) is 3. The fourth-order valence-corrected chi connectivity index (χ4v) is 2.38. The lowest BCUT2D eigenvalue weighted by Crippen LogP contribution is -1.92. The summed E-state index contributed by atoms with van der Waals surface area (Å²) in [6.07, 6.45) is 3.44. The summed E-state index contributed by atoms with van der Waals surface area (Å²) in [5.41, 5.74) is 8.43. The van der Waals surface area contributed by atoms with Crippen LogP contribution in [0.5, 0.6) is 0 Å². The number of anilines is 1. The van der Waals surface area contributed by atoms with E-state index in [-0.39, 0.29) is 19.2 Å². The van der Waals surface area contributed by atoms with Crippen molar-refractivity contribution in [3.8, 4) is 0 Å². The molecule has 0 saturated heterocycles. The number of fused-ring (bicyclic) bond motifs is 2. The second kappa shape index (κ2) is 6.91. The van der Waals surface area contributed by atoms with Crippen molar-refractivity contribution >= 4 is 33.2 Å². The second-order valence-corrected chi connectivity index (χ2v) is 5.56. The van der Waals surface area contributed by atoms with Crippen molar-refractivity contribution in [3.05, 3.63) is 52.5 Å². The van der Waals surface area contributed by atoms with Gasteiger partial charge >= 0.3 is 0 Å². The predicted octanol–water partition coefficient (Wildman–Crippen LogP) is 0.788. The van der Waals surface area contributed by atoms with Crippen LogP contribution in [0.1, 0.15) is 11.1 Å². The number of nitrogens with two attached hydrogens (primary N) is 1. The topological polar surface area (TPSA) is 127 Å². The fourth-order valence-electron chi connectivity index (χ4n) is 2.03. The lowest BCUT2D eigenvalue weighted by molar-refractivity contribution is 0.281. The molecule has 0 bridgehead atoms. The summed E-state index contributed by atoms with van der Waals surface area (Å²) in [4.78, 5) is 8.01. The molecule has 0 saturated carbocycles. The average molecular weight is 392 g/mol. The highest BCUT2D eigenvalue weighted by Gasteiger charge is 2.00. The summed E-state index contributed by atoms with van der Waals surface area (Å²) in [5.74, 6) is 0.241. The third-order valence-electron chi connectivity index (χ3n) is 3.14. The van der Waals surface area contributed by atoms with Gasteiger partial charge in [0.1, 0.15) is 0 Å². The lowest BCUT2D eigenvalue weighted by Gasteiger charge is -1.94. The lowest BCUT2D eigenvalue weighted by atomic mass is 10.3. The van der Waals surface area contributed by atoms with Gasteiger partial charge in [-0.2, -0.15) is 4.98 Å². The molecular formula is C14H14BrN7O2. The summed E-state index contributed by atoms with van der Waals surface area (Å²) in [5, 5.41) is 25.6. The van der Waals surface area contributed by atoms with Gasteiger partial charge in [-0.25, -0.2) is 14.0 Å². The first-order valence-electron chi connectivity index (χ1n) is 6.92. The minimum Gasteiger partial charge on any atom is -0.392 e. The first kappa shape index (κ1) is 16.3. The summed E-state index contributed by atoms with van der Waals surface area (Å²) in [7, 11) is 0. The van der Waals surface area contributed by atoms with Crippen molar-refractivity contribution in [1.82, 2.24) is 29.2 Å². The quantitative estimate of drug-likeness (QED) is 0.460. The van der Waals surface area contributed by atoms with Gasteiger partial charge in [0.15, 0.2) is 11.3 Å². The first-order valence-corrected chi connectivity index (χ1v) is 7.71. The molecule has 10 heteroatoms. The van der Waals surface area contributed by atoms with E-state index in [0.717, 1.165) is 16.8 Å². The highest BCUT2D eigenvalue weighted by Crippen LogP contribution is 2.08. The number of pyridine rings is 2. The summed E-state index contributed by atoms with van der Waals surface area (Å²) >= 11 is 3.17. The smallest absolute Gasteiger partial charge is 0.240 e. The molecule has 124 valence electrons. The van der Waals surface area contributed by atoms with E-state index in [1.54, 1.807) is 33.6 Å². The van der Waals surface area contributed by atoms with E-state index < -0.39 is 0 Å². The van der Waals surface area contributed by atoms with Gasteiger partial charge in [0.05, 0.1) is 13.2 Å². The minimum absolute atomic E-state index is 0.00426. The van der Waals surface area contributed by atoms with Gasteiger partial charge in [0.2, 0.25) is 10.7 Å². The van der Waals surface area contributed by atoms with Crippen LogP contribution in [0.3, 0.4) is 0 Å². The van der Waals surface area contributed by atoms with Crippen LogP contribution in [0.15, 0.2) is 41.4 Å². The zero-order valence-corrected chi connectivity index (χ0v) is 14.0. The Kier molecular flexibility index (Phi) is 4.69. The van der Waals surface area contributed by atoms with Crippen molar-refractivity contribution in [2.24, 2.45) is 0 Å². The molecule has 0 atom stereocenters. The molecule has 4 aromatic heterocycles. The Morgan fingerprint density at radius 3 is 2.00 bits per heavy atom. The summed E-state index contributed by atoms with van der Waals surface area (Å²) in [6, 6.07) is 7.16. The molecule has 0 radical (unpaired) electrons. The molecular weight excluding hydrogens is 378 g/mol. The predicted molar refractivity (Wildman–Crippen MR) is 89.9 cm³/mol. The van der Waals surface area contributed by atoms with Crippen LogP contribution in [0.2, 0.25) is 0 Å². The Labute approximate surface area is 144 Å². The van der Waals surface area contributed by atoms with E-state index in [0.29, 0.717) is 10.4 Å². The molecule has 4 aromatic rings. The number of halogens is 1. The van der Waals surface area contributed by atoms with Crippen LogP contribution in [0.4, 0.5) is 5.95 Å². The number of rotatable bonds is 2. The average Bonchev–Trinajstić information content (AvgIpc) is 3.13. The molecule has 4 N–H and O–H groups in total.